The van der Waals surface area contributed by atoms with Crippen molar-refractivity contribution in [3.63, 3.8) is 0 Å². The summed E-state index contributed by atoms with van der Waals surface area (Å²) in [7, 11) is 0. The normalized spacial score (nSPS) is 11.7. The highest BCUT2D eigenvalue weighted by Crippen LogP contribution is 2.14. The van der Waals surface area contributed by atoms with Gasteiger partial charge in [0.1, 0.15) is 11.4 Å². The van der Waals surface area contributed by atoms with Gasteiger partial charge >= 0.3 is 0 Å². The Morgan fingerprint density at radius 3 is 2.50 bits per heavy atom. The van der Waals surface area contributed by atoms with E-state index < -0.39 is 16.0 Å². The van der Waals surface area contributed by atoms with Crippen molar-refractivity contribution in [2.75, 3.05) is 6.61 Å². The zero-order chi connectivity index (χ0) is 22.7. The van der Waals surface area contributed by atoms with Gasteiger partial charge in [0.15, 0.2) is 0 Å². The molecule has 0 N–H and O–H groups in total. The molecule has 2 heterocycles. The molecule has 0 radical (unpaired) electrons. The van der Waals surface area contributed by atoms with Crippen molar-refractivity contribution in [2.24, 2.45) is 0 Å². The van der Waals surface area contributed by atoms with Crippen LogP contribution in [0.3, 0.4) is 0 Å². The molecule has 0 atom stereocenters. The zero-order valence-electron chi connectivity index (χ0n) is 17.1. The van der Waals surface area contributed by atoms with Gasteiger partial charge in [0, 0.05) is 18.6 Å². The number of nitrogens with zero attached hydrogens (tertiary/aromatic N) is 4. The van der Waals surface area contributed by atoms with E-state index >= 15 is 0 Å². The Hall–Kier alpha value is -3.92. The third kappa shape index (κ3) is 4.54. The summed E-state index contributed by atoms with van der Waals surface area (Å²) in [5, 5.41) is 15.0. The van der Waals surface area contributed by atoms with E-state index in [4.69, 9.17) is 4.74 Å². The summed E-state index contributed by atoms with van der Waals surface area (Å²) in [6.07, 6.45) is 2.74. The minimum absolute atomic E-state index is 0.0378. The van der Waals surface area contributed by atoms with Crippen molar-refractivity contribution in [1.82, 2.24) is 14.6 Å². The molecule has 0 spiro atoms. The maximum Gasteiger partial charge on any atom is 0.296 e. The molecule has 4 rings (SSSR count). The summed E-state index contributed by atoms with van der Waals surface area (Å²) in [5.74, 6) is 0.750. The SMILES string of the molecule is CCCOc1ccc(Cc2nn3c(=O)/c(=C\c4ccc([N+](=O)[O-])cc4)sc3nc2=O)cc1. The Kier molecular flexibility index (Phi) is 6.04. The first-order chi connectivity index (χ1) is 15.4. The maximum atomic E-state index is 12.8. The molecule has 4 aromatic rings. The number of hydrogen-bond donors (Lipinski definition) is 0. The van der Waals surface area contributed by atoms with Crippen LogP contribution in [0.15, 0.2) is 58.1 Å². The van der Waals surface area contributed by atoms with Crippen LogP contribution in [-0.2, 0) is 6.42 Å². The Bertz CT molecular complexity index is 1440. The molecular weight excluding hydrogens is 432 g/mol. The summed E-state index contributed by atoms with van der Waals surface area (Å²) >= 11 is 1.04. The van der Waals surface area contributed by atoms with E-state index in [1.807, 2.05) is 31.2 Å². The van der Waals surface area contributed by atoms with Crippen molar-refractivity contribution in [3.8, 4) is 5.75 Å². The molecule has 0 saturated heterocycles. The number of non-ortho nitro benzene ring substituents is 1. The van der Waals surface area contributed by atoms with Crippen LogP contribution in [0.25, 0.3) is 11.0 Å². The number of nitro benzene ring substituents is 1. The molecule has 162 valence electrons. The molecule has 0 bridgehead atoms. The van der Waals surface area contributed by atoms with Crippen molar-refractivity contribution >= 4 is 28.1 Å². The molecule has 0 amide bonds. The summed E-state index contributed by atoms with van der Waals surface area (Å²) in [4.78, 5) is 39.7. The molecule has 0 aliphatic rings. The highest BCUT2D eigenvalue weighted by molar-refractivity contribution is 7.15. The highest BCUT2D eigenvalue weighted by atomic mass is 32.1. The Morgan fingerprint density at radius 2 is 1.84 bits per heavy atom. The largest absolute Gasteiger partial charge is 0.494 e. The van der Waals surface area contributed by atoms with Crippen LogP contribution in [0.2, 0.25) is 0 Å². The molecule has 0 aliphatic heterocycles. The fourth-order valence-electron chi connectivity index (χ4n) is 3.01. The Balaban J connectivity index is 1.65. The number of thiazole rings is 1. The fourth-order valence-corrected chi connectivity index (χ4v) is 3.92. The molecule has 0 unspecified atom stereocenters. The molecular formula is C22H18N4O5S. The topological polar surface area (TPSA) is 117 Å². The number of benzene rings is 2. The first-order valence-electron chi connectivity index (χ1n) is 9.85. The van der Waals surface area contributed by atoms with Gasteiger partial charge in [-0.25, -0.2) is 0 Å². The number of aromatic nitrogens is 3. The minimum atomic E-state index is -0.491. The van der Waals surface area contributed by atoms with Gasteiger partial charge in [-0.2, -0.15) is 14.6 Å². The second-order valence-electron chi connectivity index (χ2n) is 6.99. The van der Waals surface area contributed by atoms with Gasteiger partial charge in [0.2, 0.25) is 4.96 Å². The van der Waals surface area contributed by atoms with Crippen LogP contribution in [0, 0.1) is 10.1 Å². The van der Waals surface area contributed by atoms with Gasteiger partial charge in [-0.3, -0.25) is 19.7 Å². The molecule has 2 aromatic heterocycles. The van der Waals surface area contributed by atoms with E-state index in [0.717, 1.165) is 33.6 Å². The van der Waals surface area contributed by atoms with E-state index in [2.05, 4.69) is 10.1 Å². The van der Waals surface area contributed by atoms with Crippen molar-refractivity contribution in [2.45, 2.75) is 19.8 Å². The number of nitro groups is 1. The average Bonchev–Trinajstić information content (AvgIpc) is 3.08. The van der Waals surface area contributed by atoms with Gasteiger partial charge in [0.25, 0.3) is 16.8 Å². The first kappa shape index (κ1) is 21.3. The van der Waals surface area contributed by atoms with Gasteiger partial charge in [0.05, 0.1) is 16.1 Å². The van der Waals surface area contributed by atoms with E-state index in [9.17, 15) is 19.7 Å². The third-order valence-corrected chi connectivity index (χ3v) is 5.58. The smallest absolute Gasteiger partial charge is 0.296 e. The number of rotatable bonds is 7. The maximum absolute atomic E-state index is 12.8. The summed E-state index contributed by atoms with van der Waals surface area (Å²) < 4.78 is 7.01. The monoisotopic (exact) mass is 450 g/mol. The predicted octanol–water partition coefficient (Wildman–Crippen LogP) is 2.35. The summed E-state index contributed by atoms with van der Waals surface area (Å²) in [6.45, 7) is 2.66. The lowest BCUT2D eigenvalue weighted by Crippen LogP contribution is -2.28. The second kappa shape index (κ2) is 9.06. The molecule has 0 fully saturated rings. The van der Waals surface area contributed by atoms with E-state index in [1.54, 1.807) is 18.2 Å². The van der Waals surface area contributed by atoms with Crippen molar-refractivity contribution in [3.05, 3.63) is 101 Å². The van der Waals surface area contributed by atoms with Crippen molar-refractivity contribution < 1.29 is 9.66 Å². The zero-order valence-corrected chi connectivity index (χ0v) is 17.9. The predicted molar refractivity (Wildman–Crippen MR) is 120 cm³/mol. The van der Waals surface area contributed by atoms with E-state index in [-0.39, 0.29) is 22.8 Å². The standard InChI is InChI=1S/C22H18N4O5S/c1-2-11-31-17-9-5-14(6-10-17)12-18-20(27)23-22-25(24-18)21(28)19(32-22)13-15-3-7-16(8-4-15)26(29)30/h3-10,13H,2,11-12H2,1H3/b19-13+. The second-order valence-corrected chi connectivity index (χ2v) is 8.00. The summed E-state index contributed by atoms with van der Waals surface area (Å²) in [6, 6.07) is 13.2. The lowest BCUT2D eigenvalue weighted by atomic mass is 10.1. The number of ether oxygens (including phenoxy) is 1. The quantitative estimate of drug-likeness (QED) is 0.313. The van der Waals surface area contributed by atoms with Crippen LogP contribution in [0.5, 0.6) is 5.75 Å². The molecule has 2 aromatic carbocycles. The number of hydrogen-bond acceptors (Lipinski definition) is 8. The van der Waals surface area contributed by atoms with Crippen LogP contribution in [0.4, 0.5) is 5.69 Å². The van der Waals surface area contributed by atoms with Gasteiger partial charge < -0.3 is 4.74 Å². The number of fused-ring (bicyclic) bond motifs is 1. The van der Waals surface area contributed by atoms with Crippen LogP contribution < -0.4 is 20.4 Å². The van der Waals surface area contributed by atoms with Gasteiger partial charge in [-0.15, -0.1) is 0 Å². The van der Waals surface area contributed by atoms with Crippen molar-refractivity contribution in [1.29, 1.82) is 0 Å². The van der Waals surface area contributed by atoms with Crippen LogP contribution in [0.1, 0.15) is 30.2 Å². The lowest BCUT2D eigenvalue weighted by Gasteiger charge is -2.05. The van der Waals surface area contributed by atoms with Crippen LogP contribution >= 0.6 is 11.3 Å². The van der Waals surface area contributed by atoms with Gasteiger partial charge in [-0.05, 0) is 47.9 Å². The molecule has 32 heavy (non-hydrogen) atoms. The Morgan fingerprint density at radius 1 is 1.12 bits per heavy atom. The minimum Gasteiger partial charge on any atom is -0.494 e. The lowest BCUT2D eigenvalue weighted by molar-refractivity contribution is -0.384. The average molecular weight is 450 g/mol. The summed E-state index contributed by atoms with van der Waals surface area (Å²) in [5.41, 5.74) is 0.707. The molecule has 0 aliphatic carbocycles. The Labute approximate surface area is 185 Å². The highest BCUT2D eigenvalue weighted by Gasteiger charge is 2.12. The van der Waals surface area contributed by atoms with E-state index in [0.29, 0.717) is 16.7 Å². The third-order valence-electron chi connectivity index (χ3n) is 4.62. The fraction of sp³-hybridized carbons (Fsp3) is 0.182. The molecule has 9 nitrogen and oxygen atoms in total. The van der Waals surface area contributed by atoms with Crippen LogP contribution in [-0.4, -0.2) is 26.1 Å². The van der Waals surface area contributed by atoms with Gasteiger partial charge in [-0.1, -0.05) is 30.4 Å². The molecule has 10 heteroatoms. The van der Waals surface area contributed by atoms with E-state index in [1.165, 1.54) is 12.1 Å². The first-order valence-corrected chi connectivity index (χ1v) is 10.7. The molecule has 0 saturated carbocycles.